The minimum absolute atomic E-state index is 0.112. The maximum absolute atomic E-state index is 11.8. The van der Waals surface area contributed by atoms with Crippen molar-refractivity contribution in [3.8, 4) is 28.6 Å². The lowest BCUT2D eigenvalue weighted by Crippen LogP contribution is -2.28. The molecular formula is C23H19N3O3. The number of nitrogens with one attached hydrogen (secondary N) is 1. The number of fused-ring (bicyclic) bond motifs is 1. The fourth-order valence-electron chi connectivity index (χ4n) is 3.01. The summed E-state index contributed by atoms with van der Waals surface area (Å²) in [4.78, 5) is 16.4. The molecule has 0 aliphatic rings. The molecule has 6 nitrogen and oxygen atoms in total. The summed E-state index contributed by atoms with van der Waals surface area (Å²) < 4.78 is 11.2. The molecule has 1 amide bonds. The zero-order chi connectivity index (χ0) is 20.1. The van der Waals surface area contributed by atoms with Crippen LogP contribution < -0.4 is 10.1 Å². The minimum Gasteiger partial charge on any atom is -0.483 e. The lowest BCUT2D eigenvalue weighted by atomic mass is 10.0. The van der Waals surface area contributed by atoms with E-state index in [0.29, 0.717) is 29.6 Å². The molecule has 1 aromatic heterocycles. The van der Waals surface area contributed by atoms with E-state index in [-0.39, 0.29) is 12.5 Å². The van der Waals surface area contributed by atoms with Gasteiger partial charge < -0.3 is 14.6 Å². The van der Waals surface area contributed by atoms with Gasteiger partial charge in [0.1, 0.15) is 5.75 Å². The van der Waals surface area contributed by atoms with Crippen LogP contribution in [-0.4, -0.2) is 29.2 Å². The number of nitrogens with zero attached hydrogens (tertiary/aromatic N) is 2. The number of carbonyl (C=O) groups excluding carboxylic acids is 1. The Kier molecular flexibility index (Phi) is 5.33. The van der Waals surface area contributed by atoms with Crippen LogP contribution in [0.4, 0.5) is 0 Å². The maximum atomic E-state index is 11.8. The molecule has 0 unspecified atom stereocenters. The van der Waals surface area contributed by atoms with E-state index >= 15 is 0 Å². The third kappa shape index (κ3) is 4.01. The largest absolute Gasteiger partial charge is 0.483 e. The number of hydrogen-bond acceptors (Lipinski definition) is 5. The number of benzene rings is 3. The van der Waals surface area contributed by atoms with Crippen LogP contribution in [0, 0.1) is 0 Å². The van der Waals surface area contributed by atoms with Crippen molar-refractivity contribution in [1.82, 2.24) is 15.5 Å². The number of amides is 1. The van der Waals surface area contributed by atoms with Crippen molar-refractivity contribution in [3.05, 3.63) is 79.4 Å². The Balaban J connectivity index is 1.62. The van der Waals surface area contributed by atoms with Crippen LogP contribution >= 0.6 is 0 Å². The first-order valence-electron chi connectivity index (χ1n) is 9.18. The predicted octanol–water partition coefficient (Wildman–Crippen LogP) is 4.24. The SMILES string of the molecule is C=CCNC(=O)COc1ccccc1-c1noc(-c2cccc3ccccc23)n1. The quantitative estimate of drug-likeness (QED) is 0.482. The van der Waals surface area contributed by atoms with Gasteiger partial charge in [-0.25, -0.2) is 0 Å². The van der Waals surface area contributed by atoms with E-state index in [2.05, 4.69) is 22.0 Å². The van der Waals surface area contributed by atoms with Crippen LogP contribution in [0.1, 0.15) is 0 Å². The molecule has 144 valence electrons. The van der Waals surface area contributed by atoms with Gasteiger partial charge in [-0.1, -0.05) is 59.8 Å². The van der Waals surface area contributed by atoms with Gasteiger partial charge in [0, 0.05) is 12.1 Å². The van der Waals surface area contributed by atoms with Gasteiger partial charge in [0.15, 0.2) is 6.61 Å². The first kappa shape index (κ1) is 18.4. The zero-order valence-corrected chi connectivity index (χ0v) is 15.7. The molecule has 0 aliphatic heterocycles. The highest BCUT2D eigenvalue weighted by Crippen LogP contribution is 2.32. The summed E-state index contributed by atoms with van der Waals surface area (Å²) in [5.41, 5.74) is 1.52. The highest BCUT2D eigenvalue weighted by Gasteiger charge is 2.16. The van der Waals surface area contributed by atoms with Crippen molar-refractivity contribution in [1.29, 1.82) is 0 Å². The summed E-state index contributed by atoms with van der Waals surface area (Å²) in [7, 11) is 0. The number of carbonyl (C=O) groups is 1. The van der Waals surface area contributed by atoms with Crippen LogP contribution in [0.5, 0.6) is 5.75 Å². The van der Waals surface area contributed by atoms with Gasteiger partial charge >= 0.3 is 0 Å². The van der Waals surface area contributed by atoms with Crippen molar-refractivity contribution >= 4 is 16.7 Å². The van der Waals surface area contributed by atoms with Gasteiger partial charge in [-0.15, -0.1) is 6.58 Å². The number of para-hydroxylation sites is 1. The molecule has 0 aliphatic carbocycles. The Bertz CT molecular complexity index is 1160. The molecule has 6 heteroatoms. The van der Waals surface area contributed by atoms with E-state index in [4.69, 9.17) is 9.26 Å². The third-order valence-electron chi connectivity index (χ3n) is 4.38. The molecule has 0 saturated carbocycles. The van der Waals surface area contributed by atoms with Gasteiger partial charge in [0.05, 0.1) is 5.56 Å². The Morgan fingerprint density at radius 1 is 1.03 bits per heavy atom. The fraction of sp³-hybridized carbons (Fsp3) is 0.0870. The van der Waals surface area contributed by atoms with Crippen LogP contribution in [-0.2, 0) is 4.79 Å². The Morgan fingerprint density at radius 2 is 1.79 bits per heavy atom. The van der Waals surface area contributed by atoms with Crippen LogP contribution in [0.2, 0.25) is 0 Å². The molecule has 1 N–H and O–H groups in total. The number of hydrogen-bond donors (Lipinski definition) is 1. The third-order valence-corrected chi connectivity index (χ3v) is 4.38. The topological polar surface area (TPSA) is 77.2 Å². The molecule has 0 spiro atoms. The molecule has 0 saturated heterocycles. The van der Waals surface area contributed by atoms with Crippen LogP contribution in [0.25, 0.3) is 33.6 Å². The highest BCUT2D eigenvalue weighted by atomic mass is 16.5. The number of ether oxygens (including phenoxy) is 1. The van der Waals surface area contributed by atoms with Crippen molar-refractivity contribution in [3.63, 3.8) is 0 Å². The van der Waals surface area contributed by atoms with Crippen molar-refractivity contribution < 1.29 is 14.1 Å². The van der Waals surface area contributed by atoms with E-state index < -0.39 is 0 Å². The second-order valence-corrected chi connectivity index (χ2v) is 6.33. The average molecular weight is 385 g/mol. The molecule has 3 aromatic carbocycles. The normalized spacial score (nSPS) is 10.6. The molecule has 4 rings (SSSR count). The van der Waals surface area contributed by atoms with Gasteiger partial charge in [-0.05, 0) is 29.0 Å². The van der Waals surface area contributed by atoms with Crippen LogP contribution in [0.3, 0.4) is 0 Å². The second kappa shape index (κ2) is 8.39. The first-order chi connectivity index (χ1) is 14.3. The summed E-state index contributed by atoms with van der Waals surface area (Å²) in [6, 6.07) is 21.2. The Labute approximate surface area is 167 Å². The molecule has 29 heavy (non-hydrogen) atoms. The van der Waals surface area contributed by atoms with Gasteiger partial charge in [0.25, 0.3) is 11.8 Å². The van der Waals surface area contributed by atoms with Gasteiger partial charge in [-0.3, -0.25) is 4.79 Å². The van der Waals surface area contributed by atoms with E-state index in [1.54, 1.807) is 12.1 Å². The number of aromatic nitrogens is 2. The predicted molar refractivity (Wildman–Crippen MR) is 111 cm³/mol. The molecule has 0 radical (unpaired) electrons. The summed E-state index contributed by atoms with van der Waals surface area (Å²) in [6.45, 7) is 3.85. The van der Waals surface area contributed by atoms with Gasteiger partial charge in [0.2, 0.25) is 5.82 Å². The van der Waals surface area contributed by atoms with Crippen LogP contribution in [0.15, 0.2) is 83.9 Å². The maximum Gasteiger partial charge on any atom is 0.258 e. The Morgan fingerprint density at radius 3 is 2.69 bits per heavy atom. The van der Waals surface area contributed by atoms with Gasteiger partial charge in [-0.2, -0.15) is 4.98 Å². The lowest BCUT2D eigenvalue weighted by molar-refractivity contribution is -0.122. The molecule has 0 fully saturated rings. The van der Waals surface area contributed by atoms with Crippen molar-refractivity contribution in [2.45, 2.75) is 0 Å². The minimum atomic E-state index is -0.232. The first-order valence-corrected chi connectivity index (χ1v) is 9.18. The smallest absolute Gasteiger partial charge is 0.258 e. The average Bonchev–Trinajstić information content (AvgIpc) is 3.26. The summed E-state index contributed by atoms with van der Waals surface area (Å²) >= 11 is 0. The standard InChI is InChI=1S/C23H19N3O3/c1-2-14-24-21(27)15-28-20-13-6-5-11-19(20)22-25-23(29-26-22)18-12-7-9-16-8-3-4-10-17(16)18/h2-13H,1,14-15H2,(H,24,27). The summed E-state index contributed by atoms with van der Waals surface area (Å²) in [5, 5.41) is 8.93. The fourth-order valence-corrected chi connectivity index (χ4v) is 3.01. The summed E-state index contributed by atoms with van der Waals surface area (Å²) in [5.74, 6) is 1.10. The zero-order valence-electron chi connectivity index (χ0n) is 15.7. The Hall–Kier alpha value is -3.93. The van der Waals surface area contributed by atoms with E-state index in [0.717, 1.165) is 16.3 Å². The number of rotatable bonds is 7. The monoisotopic (exact) mass is 385 g/mol. The molecular weight excluding hydrogens is 366 g/mol. The van der Waals surface area contributed by atoms with Crippen molar-refractivity contribution in [2.24, 2.45) is 0 Å². The molecule has 1 heterocycles. The highest BCUT2D eigenvalue weighted by molar-refractivity contribution is 5.94. The second-order valence-electron chi connectivity index (χ2n) is 6.33. The van der Waals surface area contributed by atoms with Crippen molar-refractivity contribution in [2.75, 3.05) is 13.2 Å². The summed E-state index contributed by atoms with van der Waals surface area (Å²) in [6.07, 6.45) is 1.61. The molecule has 0 bridgehead atoms. The molecule has 0 atom stereocenters. The van der Waals surface area contributed by atoms with E-state index in [9.17, 15) is 4.79 Å². The van der Waals surface area contributed by atoms with E-state index in [1.807, 2.05) is 60.7 Å². The molecule has 4 aromatic rings. The van der Waals surface area contributed by atoms with E-state index in [1.165, 1.54) is 0 Å². The lowest BCUT2D eigenvalue weighted by Gasteiger charge is -2.09.